The summed E-state index contributed by atoms with van der Waals surface area (Å²) in [5, 5.41) is 0. The first-order valence-electron chi connectivity index (χ1n) is 8.40. The lowest BCUT2D eigenvalue weighted by Crippen LogP contribution is -2.20. The van der Waals surface area contributed by atoms with Crippen LogP contribution in [0.25, 0.3) is 0 Å². The molecule has 1 N–H and O–H groups in total. The van der Waals surface area contributed by atoms with Gasteiger partial charge in [0.2, 0.25) is 0 Å². The Bertz CT molecular complexity index is 612. The molecule has 2 aromatic heterocycles. The molecule has 0 aliphatic carbocycles. The molecule has 0 bridgehead atoms. The van der Waals surface area contributed by atoms with E-state index in [-0.39, 0.29) is 0 Å². The second-order valence-corrected chi connectivity index (χ2v) is 6.53. The minimum Gasteiger partial charge on any atom is -0.345 e. The van der Waals surface area contributed by atoms with Gasteiger partial charge in [-0.25, -0.2) is 9.97 Å². The fourth-order valence-corrected chi connectivity index (χ4v) is 3.40. The fourth-order valence-electron chi connectivity index (χ4n) is 3.40. The second kappa shape index (κ2) is 6.65. The molecule has 3 heterocycles. The number of aryl methyl sites for hydroxylation is 3. The highest BCUT2D eigenvalue weighted by molar-refractivity contribution is 5.10. The van der Waals surface area contributed by atoms with E-state index in [4.69, 9.17) is 0 Å². The number of hydrogen-bond acceptors (Lipinski definition) is 3. The number of nitrogens with one attached hydrogen (secondary N) is 1. The molecule has 2 aromatic rings. The van der Waals surface area contributed by atoms with Gasteiger partial charge in [-0.05, 0) is 26.3 Å². The molecule has 0 saturated carbocycles. The molecule has 0 spiro atoms. The van der Waals surface area contributed by atoms with Crippen LogP contribution in [0.1, 0.15) is 55.1 Å². The number of aromatic nitrogens is 4. The van der Waals surface area contributed by atoms with E-state index in [0.717, 1.165) is 37.6 Å². The Labute approximate surface area is 132 Å². The fraction of sp³-hybridized carbons (Fsp3) is 0.647. The molecule has 22 heavy (non-hydrogen) atoms. The van der Waals surface area contributed by atoms with Crippen molar-refractivity contribution in [3.05, 3.63) is 35.4 Å². The molecule has 1 aliphatic rings. The Morgan fingerprint density at radius 2 is 2.27 bits per heavy atom. The Morgan fingerprint density at radius 3 is 3.00 bits per heavy atom. The van der Waals surface area contributed by atoms with Crippen molar-refractivity contribution in [2.24, 2.45) is 7.05 Å². The van der Waals surface area contributed by atoms with Gasteiger partial charge in [-0.3, -0.25) is 4.90 Å². The van der Waals surface area contributed by atoms with Crippen molar-refractivity contribution in [1.29, 1.82) is 0 Å². The molecule has 5 nitrogen and oxygen atoms in total. The molecular weight excluding hydrogens is 274 g/mol. The van der Waals surface area contributed by atoms with Crippen LogP contribution < -0.4 is 0 Å². The zero-order valence-electron chi connectivity index (χ0n) is 14.0. The van der Waals surface area contributed by atoms with Gasteiger partial charge in [-0.1, -0.05) is 13.3 Å². The normalized spacial score (nSPS) is 19.1. The average molecular weight is 301 g/mol. The van der Waals surface area contributed by atoms with Gasteiger partial charge in [0.25, 0.3) is 0 Å². The maximum Gasteiger partial charge on any atom is 0.113 e. The van der Waals surface area contributed by atoms with Crippen LogP contribution in [0.5, 0.6) is 0 Å². The predicted molar refractivity (Wildman–Crippen MR) is 87.8 cm³/mol. The highest BCUT2D eigenvalue weighted by Crippen LogP contribution is 2.27. The monoisotopic (exact) mass is 301 g/mol. The second-order valence-electron chi connectivity index (χ2n) is 6.53. The summed E-state index contributed by atoms with van der Waals surface area (Å²) in [6.07, 6.45) is 8.80. The van der Waals surface area contributed by atoms with Crippen molar-refractivity contribution in [2.75, 3.05) is 13.1 Å². The maximum absolute atomic E-state index is 4.69. The Kier molecular flexibility index (Phi) is 4.62. The molecule has 0 radical (unpaired) electrons. The molecule has 0 amide bonds. The highest BCUT2D eigenvalue weighted by atomic mass is 15.2. The van der Waals surface area contributed by atoms with E-state index in [9.17, 15) is 0 Å². The van der Waals surface area contributed by atoms with Crippen molar-refractivity contribution < 1.29 is 0 Å². The van der Waals surface area contributed by atoms with Crippen LogP contribution in [0.3, 0.4) is 0 Å². The first kappa shape index (κ1) is 15.3. The predicted octanol–water partition coefficient (Wildman–Crippen LogP) is 2.78. The number of unbranched alkanes of at least 4 members (excludes halogenated alkanes) is 1. The molecule has 1 aliphatic heterocycles. The average Bonchev–Trinajstić information content (AvgIpc) is 3.18. The van der Waals surface area contributed by atoms with Crippen molar-refractivity contribution >= 4 is 0 Å². The number of nitrogens with zero attached hydrogens (tertiary/aromatic N) is 4. The standard InChI is InChI=1S/C17H27N5/c1-4-5-6-16-18-9-15(20-16)12-22-8-7-14(11-22)17-19-13(2)10-21(17)3/h9-10,14H,4-8,11-12H2,1-3H3,(H,18,20). The SMILES string of the molecule is CCCCc1ncc(CN2CCC(c3nc(C)cn3C)C2)[nH]1. The van der Waals surface area contributed by atoms with E-state index in [1.807, 2.05) is 6.20 Å². The van der Waals surface area contributed by atoms with Crippen LogP contribution in [-0.4, -0.2) is 37.5 Å². The van der Waals surface area contributed by atoms with Crippen LogP contribution in [-0.2, 0) is 20.0 Å². The minimum atomic E-state index is 0.557. The van der Waals surface area contributed by atoms with Crippen molar-refractivity contribution in [1.82, 2.24) is 24.4 Å². The lowest BCUT2D eigenvalue weighted by atomic mass is 10.1. The Balaban J connectivity index is 1.56. The zero-order chi connectivity index (χ0) is 15.5. The van der Waals surface area contributed by atoms with E-state index < -0.39 is 0 Å². The topological polar surface area (TPSA) is 49.7 Å². The number of rotatable bonds is 6. The Morgan fingerprint density at radius 1 is 1.41 bits per heavy atom. The van der Waals surface area contributed by atoms with E-state index in [1.165, 1.54) is 30.8 Å². The van der Waals surface area contributed by atoms with Gasteiger partial charge in [-0.2, -0.15) is 0 Å². The van der Waals surface area contributed by atoms with E-state index in [2.05, 4.69) is 51.5 Å². The third-order valence-electron chi connectivity index (χ3n) is 4.51. The van der Waals surface area contributed by atoms with Crippen LogP contribution in [0, 0.1) is 6.92 Å². The molecular formula is C17H27N5. The van der Waals surface area contributed by atoms with Crippen LogP contribution in [0.2, 0.25) is 0 Å². The molecule has 0 aromatic carbocycles. The van der Waals surface area contributed by atoms with Gasteiger partial charge in [0.1, 0.15) is 11.6 Å². The lowest BCUT2D eigenvalue weighted by molar-refractivity contribution is 0.321. The van der Waals surface area contributed by atoms with Gasteiger partial charge >= 0.3 is 0 Å². The van der Waals surface area contributed by atoms with Gasteiger partial charge in [0, 0.05) is 50.6 Å². The minimum absolute atomic E-state index is 0.557. The summed E-state index contributed by atoms with van der Waals surface area (Å²) in [6.45, 7) is 7.48. The number of imidazole rings is 2. The highest BCUT2D eigenvalue weighted by Gasteiger charge is 2.27. The van der Waals surface area contributed by atoms with Gasteiger partial charge in [-0.15, -0.1) is 0 Å². The Hall–Kier alpha value is -1.62. The molecule has 1 fully saturated rings. The number of H-pyrrole nitrogens is 1. The maximum atomic E-state index is 4.69. The van der Waals surface area contributed by atoms with Crippen molar-refractivity contribution in [2.45, 2.75) is 52.0 Å². The zero-order valence-corrected chi connectivity index (χ0v) is 14.0. The van der Waals surface area contributed by atoms with Gasteiger partial charge in [0.15, 0.2) is 0 Å². The van der Waals surface area contributed by atoms with E-state index in [1.54, 1.807) is 0 Å². The van der Waals surface area contributed by atoms with Crippen molar-refractivity contribution in [3.63, 3.8) is 0 Å². The summed E-state index contributed by atoms with van der Waals surface area (Å²) in [5.74, 6) is 2.92. The number of likely N-dealkylation sites (tertiary alicyclic amines) is 1. The molecule has 1 atom stereocenters. The summed E-state index contributed by atoms with van der Waals surface area (Å²) in [6, 6.07) is 0. The molecule has 1 saturated heterocycles. The number of aromatic amines is 1. The van der Waals surface area contributed by atoms with Crippen molar-refractivity contribution in [3.8, 4) is 0 Å². The molecule has 3 rings (SSSR count). The number of hydrogen-bond donors (Lipinski definition) is 1. The summed E-state index contributed by atoms with van der Waals surface area (Å²) in [5.41, 5.74) is 2.35. The first-order chi connectivity index (χ1) is 10.7. The van der Waals surface area contributed by atoms with Crippen LogP contribution in [0.4, 0.5) is 0 Å². The van der Waals surface area contributed by atoms with Crippen LogP contribution >= 0.6 is 0 Å². The summed E-state index contributed by atoms with van der Waals surface area (Å²) >= 11 is 0. The molecule has 120 valence electrons. The van der Waals surface area contributed by atoms with E-state index >= 15 is 0 Å². The summed E-state index contributed by atoms with van der Waals surface area (Å²) in [7, 11) is 2.10. The largest absolute Gasteiger partial charge is 0.345 e. The van der Waals surface area contributed by atoms with Gasteiger partial charge in [0.05, 0.1) is 5.69 Å². The van der Waals surface area contributed by atoms with Crippen LogP contribution in [0.15, 0.2) is 12.4 Å². The molecule has 5 heteroatoms. The summed E-state index contributed by atoms with van der Waals surface area (Å²) < 4.78 is 2.18. The smallest absolute Gasteiger partial charge is 0.113 e. The van der Waals surface area contributed by atoms with E-state index in [0.29, 0.717) is 5.92 Å². The first-order valence-corrected chi connectivity index (χ1v) is 8.40. The summed E-state index contributed by atoms with van der Waals surface area (Å²) in [4.78, 5) is 15.2. The van der Waals surface area contributed by atoms with Gasteiger partial charge < -0.3 is 9.55 Å². The third kappa shape index (κ3) is 3.40. The third-order valence-corrected chi connectivity index (χ3v) is 4.51. The quantitative estimate of drug-likeness (QED) is 0.892. The molecule has 1 unspecified atom stereocenters. The lowest BCUT2D eigenvalue weighted by Gasteiger charge is -2.14.